The molecule has 9 heavy (non-hydrogen) atoms. The van der Waals surface area contributed by atoms with Gasteiger partial charge in [0.05, 0.1) is 5.25 Å². The lowest BCUT2D eigenvalue weighted by Gasteiger charge is -2.03. The van der Waals surface area contributed by atoms with Crippen molar-refractivity contribution in [3.8, 4) is 0 Å². The molecule has 0 aromatic heterocycles. The van der Waals surface area contributed by atoms with Crippen LogP contribution in [0.25, 0.3) is 0 Å². The van der Waals surface area contributed by atoms with Crippen LogP contribution in [0.5, 0.6) is 0 Å². The Kier molecular flexibility index (Phi) is 2.87. The molecule has 0 aliphatic heterocycles. The number of nitrogens with two attached hydrogens (primary N) is 1. The minimum Gasteiger partial charge on any atom is -0.228 e. The van der Waals surface area contributed by atoms with Crippen LogP contribution in [0.15, 0.2) is 12.7 Å². The molecule has 4 heteroatoms. The van der Waals surface area contributed by atoms with Gasteiger partial charge < -0.3 is 0 Å². The summed E-state index contributed by atoms with van der Waals surface area (Å²) < 4.78 is 21.0. The predicted octanol–water partition coefficient (Wildman–Crippen LogP) is 0.240. The van der Waals surface area contributed by atoms with E-state index < -0.39 is 15.3 Å². The molecular weight excluding hydrogens is 138 g/mol. The summed E-state index contributed by atoms with van der Waals surface area (Å²) in [5.74, 6) is 0. The third-order valence-electron chi connectivity index (χ3n) is 1.09. The minimum atomic E-state index is -3.38. The highest BCUT2D eigenvalue weighted by Gasteiger charge is 2.13. The van der Waals surface area contributed by atoms with Gasteiger partial charge in [-0.25, -0.2) is 13.6 Å². The van der Waals surface area contributed by atoms with E-state index >= 15 is 0 Å². The molecular formula is C5H11NO2S. The largest absolute Gasteiger partial charge is 0.228 e. The van der Waals surface area contributed by atoms with E-state index in [2.05, 4.69) is 6.58 Å². The molecule has 0 radical (unpaired) electrons. The molecule has 0 aliphatic rings. The highest BCUT2D eigenvalue weighted by atomic mass is 32.2. The molecule has 0 heterocycles. The molecule has 3 nitrogen and oxygen atoms in total. The number of sulfonamides is 1. The smallest absolute Gasteiger partial charge is 0.215 e. The molecule has 0 fully saturated rings. The molecule has 0 spiro atoms. The van der Waals surface area contributed by atoms with Gasteiger partial charge in [-0.3, -0.25) is 0 Å². The fraction of sp³-hybridized carbons (Fsp3) is 0.600. The SMILES string of the molecule is C=CC(CC)S(N)(=O)=O. The van der Waals surface area contributed by atoms with Crippen molar-refractivity contribution in [3.63, 3.8) is 0 Å². The third-order valence-corrected chi connectivity index (χ3v) is 2.46. The van der Waals surface area contributed by atoms with Gasteiger partial charge >= 0.3 is 0 Å². The molecule has 0 aromatic carbocycles. The van der Waals surface area contributed by atoms with Gasteiger partial charge in [-0.2, -0.15) is 0 Å². The van der Waals surface area contributed by atoms with E-state index in [1.807, 2.05) is 0 Å². The zero-order chi connectivity index (χ0) is 7.49. The van der Waals surface area contributed by atoms with Crippen molar-refractivity contribution < 1.29 is 8.42 Å². The Morgan fingerprint density at radius 2 is 2.22 bits per heavy atom. The molecule has 0 rings (SSSR count). The number of rotatable bonds is 3. The summed E-state index contributed by atoms with van der Waals surface area (Å²) in [7, 11) is -3.38. The van der Waals surface area contributed by atoms with Crippen LogP contribution in [0.3, 0.4) is 0 Å². The minimum absolute atomic E-state index is 0.488. The van der Waals surface area contributed by atoms with Crippen LogP contribution in [0.2, 0.25) is 0 Å². The van der Waals surface area contributed by atoms with Crippen LogP contribution in [-0.4, -0.2) is 13.7 Å². The van der Waals surface area contributed by atoms with Crippen LogP contribution in [-0.2, 0) is 10.0 Å². The molecule has 2 N–H and O–H groups in total. The lowest BCUT2D eigenvalue weighted by atomic mass is 10.3. The third kappa shape index (κ3) is 2.62. The molecule has 0 amide bonds. The van der Waals surface area contributed by atoms with Gasteiger partial charge in [-0.1, -0.05) is 13.0 Å². The first-order chi connectivity index (χ1) is 4.02. The van der Waals surface area contributed by atoms with E-state index in [9.17, 15) is 8.42 Å². The van der Waals surface area contributed by atoms with Crippen molar-refractivity contribution in [1.82, 2.24) is 0 Å². The van der Waals surface area contributed by atoms with Gasteiger partial charge in [0.25, 0.3) is 0 Å². The summed E-state index contributed by atoms with van der Waals surface area (Å²) >= 11 is 0. The monoisotopic (exact) mass is 149 g/mol. The summed E-state index contributed by atoms with van der Waals surface area (Å²) in [6.45, 7) is 5.09. The van der Waals surface area contributed by atoms with E-state index in [4.69, 9.17) is 5.14 Å². The van der Waals surface area contributed by atoms with Crippen molar-refractivity contribution >= 4 is 10.0 Å². The van der Waals surface area contributed by atoms with E-state index in [0.717, 1.165) is 0 Å². The van der Waals surface area contributed by atoms with Crippen LogP contribution in [0.4, 0.5) is 0 Å². The van der Waals surface area contributed by atoms with Gasteiger partial charge in [-0.15, -0.1) is 6.58 Å². The highest BCUT2D eigenvalue weighted by Crippen LogP contribution is 2.00. The molecule has 0 aromatic rings. The summed E-state index contributed by atoms with van der Waals surface area (Å²) in [6, 6.07) is 0. The second kappa shape index (κ2) is 2.98. The lowest BCUT2D eigenvalue weighted by Crippen LogP contribution is -2.25. The zero-order valence-corrected chi connectivity index (χ0v) is 6.19. The Morgan fingerprint density at radius 3 is 2.22 bits per heavy atom. The number of hydrogen-bond acceptors (Lipinski definition) is 2. The average Bonchev–Trinajstić information content (AvgIpc) is 1.65. The van der Waals surface area contributed by atoms with Crippen molar-refractivity contribution in [2.75, 3.05) is 0 Å². The van der Waals surface area contributed by atoms with Crippen molar-refractivity contribution in [2.45, 2.75) is 18.6 Å². The molecule has 0 saturated carbocycles. The topological polar surface area (TPSA) is 60.2 Å². The number of primary sulfonamides is 1. The normalized spacial score (nSPS) is 14.9. The fourth-order valence-corrected chi connectivity index (χ4v) is 1.27. The first kappa shape index (κ1) is 8.65. The predicted molar refractivity (Wildman–Crippen MR) is 37.4 cm³/mol. The maximum atomic E-state index is 10.5. The van der Waals surface area contributed by atoms with Gasteiger partial charge in [0, 0.05) is 0 Å². The highest BCUT2D eigenvalue weighted by molar-refractivity contribution is 7.89. The lowest BCUT2D eigenvalue weighted by molar-refractivity contribution is 0.588. The number of hydrogen-bond donors (Lipinski definition) is 1. The van der Waals surface area contributed by atoms with Crippen molar-refractivity contribution in [1.29, 1.82) is 0 Å². The molecule has 0 saturated heterocycles. The van der Waals surface area contributed by atoms with Crippen LogP contribution in [0.1, 0.15) is 13.3 Å². The van der Waals surface area contributed by atoms with E-state index in [1.165, 1.54) is 6.08 Å². The zero-order valence-electron chi connectivity index (χ0n) is 5.37. The second-order valence-corrected chi connectivity index (χ2v) is 3.55. The first-order valence-electron chi connectivity index (χ1n) is 2.66. The van der Waals surface area contributed by atoms with Gasteiger partial charge in [0.2, 0.25) is 10.0 Å². The Labute approximate surface area is 55.6 Å². The van der Waals surface area contributed by atoms with E-state index in [-0.39, 0.29) is 0 Å². The Hall–Kier alpha value is -0.350. The second-order valence-electron chi connectivity index (χ2n) is 1.77. The van der Waals surface area contributed by atoms with Gasteiger partial charge in [0.1, 0.15) is 0 Å². The quantitative estimate of drug-likeness (QED) is 0.584. The molecule has 0 bridgehead atoms. The molecule has 1 unspecified atom stereocenters. The van der Waals surface area contributed by atoms with E-state index in [1.54, 1.807) is 6.92 Å². The van der Waals surface area contributed by atoms with Crippen LogP contribution >= 0.6 is 0 Å². The maximum absolute atomic E-state index is 10.5. The maximum Gasteiger partial charge on any atom is 0.215 e. The summed E-state index contributed by atoms with van der Waals surface area (Å²) in [5, 5.41) is 4.22. The van der Waals surface area contributed by atoms with Crippen LogP contribution in [0, 0.1) is 0 Å². The molecule has 0 aliphatic carbocycles. The average molecular weight is 149 g/mol. The van der Waals surface area contributed by atoms with Crippen molar-refractivity contribution in [3.05, 3.63) is 12.7 Å². The standard InChI is InChI=1S/C5H11NO2S/c1-3-5(4-2)9(6,7)8/h3,5H,1,4H2,2H3,(H2,6,7,8). The molecule has 1 atom stereocenters. The molecule has 54 valence electrons. The first-order valence-corrected chi connectivity index (χ1v) is 4.27. The van der Waals surface area contributed by atoms with E-state index in [0.29, 0.717) is 6.42 Å². The Bertz CT molecular complexity index is 183. The Balaban J connectivity index is 4.32. The summed E-state index contributed by atoms with van der Waals surface area (Å²) in [4.78, 5) is 0. The summed E-state index contributed by atoms with van der Waals surface area (Å²) in [5.41, 5.74) is 0. The fourth-order valence-electron chi connectivity index (χ4n) is 0.533. The Morgan fingerprint density at radius 1 is 1.78 bits per heavy atom. The van der Waals surface area contributed by atoms with Crippen LogP contribution < -0.4 is 5.14 Å². The van der Waals surface area contributed by atoms with Crippen molar-refractivity contribution in [2.24, 2.45) is 5.14 Å². The van der Waals surface area contributed by atoms with Gasteiger partial charge in [-0.05, 0) is 6.42 Å². The summed E-state index contributed by atoms with van der Waals surface area (Å²) in [6.07, 6.45) is 1.83. The van der Waals surface area contributed by atoms with Gasteiger partial charge in [0.15, 0.2) is 0 Å².